The number of nitrogens with one attached hydrogen (secondary N) is 1. The van der Waals surface area contributed by atoms with Gasteiger partial charge in [-0.1, -0.05) is 13.3 Å². The molecule has 1 saturated heterocycles. The molecule has 1 rings (SSSR count). The van der Waals surface area contributed by atoms with Crippen molar-refractivity contribution in [3.63, 3.8) is 0 Å². The lowest BCUT2D eigenvalue weighted by atomic mass is 10.3. The number of hydrogen-bond acceptors (Lipinski definition) is 3. The van der Waals surface area contributed by atoms with Gasteiger partial charge in [0.05, 0.1) is 5.25 Å². The molecule has 0 aromatic rings. The second-order valence-corrected chi connectivity index (χ2v) is 5.39. The van der Waals surface area contributed by atoms with Crippen LogP contribution in [0.25, 0.3) is 0 Å². The molecule has 3 nitrogen and oxygen atoms in total. The van der Waals surface area contributed by atoms with Crippen molar-refractivity contribution < 1.29 is 4.79 Å². The molecule has 0 aromatic carbocycles. The summed E-state index contributed by atoms with van der Waals surface area (Å²) in [7, 11) is 0. The fraction of sp³-hybridized carbons (Fsp3) is 0.909. The molecule has 1 fully saturated rings. The van der Waals surface area contributed by atoms with Gasteiger partial charge in [-0.15, -0.1) is 24.2 Å². The molecule has 1 atom stereocenters. The number of halogens is 1. The van der Waals surface area contributed by atoms with E-state index in [0.717, 1.165) is 31.9 Å². The van der Waals surface area contributed by atoms with Gasteiger partial charge in [-0.05, 0) is 19.1 Å². The third-order valence-electron chi connectivity index (χ3n) is 2.64. The SMILES string of the molecule is CCCCSC(C)C(=O)N1CCNCC1.Cl. The molecular weight excluding hydrogens is 244 g/mol. The van der Waals surface area contributed by atoms with Crippen LogP contribution in [0.15, 0.2) is 0 Å². The smallest absolute Gasteiger partial charge is 0.235 e. The van der Waals surface area contributed by atoms with Crippen molar-refractivity contribution in [2.45, 2.75) is 31.9 Å². The monoisotopic (exact) mass is 266 g/mol. The number of unbranched alkanes of at least 4 members (excludes halogenated alkanes) is 1. The minimum absolute atomic E-state index is 0. The van der Waals surface area contributed by atoms with Gasteiger partial charge >= 0.3 is 0 Å². The molecule has 0 bridgehead atoms. The Balaban J connectivity index is 0.00000225. The van der Waals surface area contributed by atoms with Crippen LogP contribution in [0.5, 0.6) is 0 Å². The molecule has 1 aliphatic heterocycles. The Labute approximate surface area is 109 Å². The summed E-state index contributed by atoms with van der Waals surface area (Å²) in [4.78, 5) is 14.0. The predicted molar refractivity (Wildman–Crippen MR) is 73.5 cm³/mol. The largest absolute Gasteiger partial charge is 0.339 e. The highest BCUT2D eigenvalue weighted by Gasteiger charge is 2.21. The third-order valence-corrected chi connectivity index (χ3v) is 3.87. The average molecular weight is 267 g/mol. The molecule has 1 N–H and O–H groups in total. The van der Waals surface area contributed by atoms with Crippen molar-refractivity contribution in [3.05, 3.63) is 0 Å². The lowest BCUT2D eigenvalue weighted by Gasteiger charge is -2.29. The summed E-state index contributed by atoms with van der Waals surface area (Å²) in [6.45, 7) is 7.85. The van der Waals surface area contributed by atoms with Gasteiger partial charge in [0.2, 0.25) is 5.91 Å². The number of nitrogens with zero attached hydrogens (tertiary/aromatic N) is 1. The molecule has 16 heavy (non-hydrogen) atoms. The van der Waals surface area contributed by atoms with Gasteiger partial charge in [-0.2, -0.15) is 0 Å². The molecule has 1 unspecified atom stereocenters. The highest BCUT2D eigenvalue weighted by atomic mass is 35.5. The molecule has 0 aliphatic carbocycles. The average Bonchev–Trinajstić information content (AvgIpc) is 2.29. The van der Waals surface area contributed by atoms with Gasteiger partial charge in [0.15, 0.2) is 0 Å². The maximum absolute atomic E-state index is 12.0. The van der Waals surface area contributed by atoms with E-state index in [9.17, 15) is 4.79 Å². The second-order valence-electron chi connectivity index (χ2n) is 3.94. The topological polar surface area (TPSA) is 32.3 Å². The van der Waals surface area contributed by atoms with Crippen molar-refractivity contribution in [1.82, 2.24) is 10.2 Å². The Hall–Kier alpha value is 0.0700. The van der Waals surface area contributed by atoms with Crippen LogP contribution in [-0.4, -0.2) is 48.0 Å². The van der Waals surface area contributed by atoms with Crippen LogP contribution in [0, 0.1) is 0 Å². The van der Waals surface area contributed by atoms with Gasteiger partial charge in [0, 0.05) is 26.2 Å². The maximum atomic E-state index is 12.0. The van der Waals surface area contributed by atoms with E-state index < -0.39 is 0 Å². The van der Waals surface area contributed by atoms with Crippen LogP contribution in [0.4, 0.5) is 0 Å². The lowest BCUT2D eigenvalue weighted by Crippen LogP contribution is -2.48. The zero-order valence-electron chi connectivity index (χ0n) is 10.2. The first-order chi connectivity index (χ1) is 7.25. The first-order valence-corrected chi connectivity index (χ1v) is 6.91. The zero-order chi connectivity index (χ0) is 11.1. The number of piperazine rings is 1. The maximum Gasteiger partial charge on any atom is 0.235 e. The van der Waals surface area contributed by atoms with E-state index in [2.05, 4.69) is 12.2 Å². The number of amides is 1. The number of rotatable bonds is 5. The van der Waals surface area contributed by atoms with Crippen molar-refractivity contribution in [3.8, 4) is 0 Å². The minimum atomic E-state index is 0. The molecule has 0 aromatic heterocycles. The predicted octanol–water partition coefficient (Wildman–Crippen LogP) is 1.76. The first-order valence-electron chi connectivity index (χ1n) is 5.86. The Morgan fingerprint density at radius 2 is 2.06 bits per heavy atom. The van der Waals surface area contributed by atoms with Crippen LogP contribution in [-0.2, 0) is 4.79 Å². The standard InChI is InChI=1S/C11H22N2OS.ClH/c1-3-4-9-15-10(2)11(14)13-7-5-12-6-8-13;/h10,12H,3-9H2,1-2H3;1H. The molecule has 5 heteroatoms. The number of thioether (sulfide) groups is 1. The molecular formula is C11H23ClN2OS. The number of carbonyl (C=O) groups excluding carboxylic acids is 1. The van der Waals surface area contributed by atoms with Crippen LogP contribution in [0.2, 0.25) is 0 Å². The summed E-state index contributed by atoms with van der Waals surface area (Å²) < 4.78 is 0. The Morgan fingerprint density at radius 3 is 2.62 bits per heavy atom. The normalized spacial score (nSPS) is 17.8. The van der Waals surface area contributed by atoms with Crippen LogP contribution < -0.4 is 5.32 Å². The fourth-order valence-electron chi connectivity index (χ4n) is 1.62. The van der Waals surface area contributed by atoms with Crippen LogP contribution >= 0.6 is 24.2 Å². The Morgan fingerprint density at radius 1 is 1.44 bits per heavy atom. The van der Waals surface area contributed by atoms with Gasteiger partial charge in [0.1, 0.15) is 0 Å². The minimum Gasteiger partial charge on any atom is -0.339 e. The lowest BCUT2D eigenvalue weighted by molar-refractivity contribution is -0.130. The van der Waals surface area contributed by atoms with Gasteiger partial charge in [0.25, 0.3) is 0 Å². The molecule has 0 saturated carbocycles. The van der Waals surface area contributed by atoms with E-state index in [1.54, 1.807) is 11.8 Å². The van der Waals surface area contributed by atoms with E-state index in [1.807, 2.05) is 11.8 Å². The van der Waals surface area contributed by atoms with Crippen molar-refractivity contribution in [1.29, 1.82) is 0 Å². The molecule has 0 spiro atoms. The van der Waals surface area contributed by atoms with E-state index in [4.69, 9.17) is 0 Å². The summed E-state index contributed by atoms with van der Waals surface area (Å²) in [6.07, 6.45) is 2.42. The van der Waals surface area contributed by atoms with Gasteiger partial charge in [-0.3, -0.25) is 4.79 Å². The molecule has 1 aliphatic rings. The zero-order valence-corrected chi connectivity index (χ0v) is 11.8. The highest BCUT2D eigenvalue weighted by Crippen LogP contribution is 2.15. The van der Waals surface area contributed by atoms with E-state index in [1.165, 1.54) is 12.8 Å². The summed E-state index contributed by atoms with van der Waals surface area (Å²) in [5, 5.41) is 3.39. The molecule has 1 amide bonds. The fourth-order valence-corrected chi connectivity index (χ4v) is 2.72. The Kier molecular flexibility index (Phi) is 9.18. The van der Waals surface area contributed by atoms with Gasteiger partial charge in [-0.25, -0.2) is 0 Å². The summed E-state index contributed by atoms with van der Waals surface area (Å²) in [6, 6.07) is 0. The van der Waals surface area contributed by atoms with E-state index in [-0.39, 0.29) is 17.7 Å². The summed E-state index contributed by atoms with van der Waals surface area (Å²) >= 11 is 1.79. The molecule has 1 heterocycles. The van der Waals surface area contributed by atoms with Crippen molar-refractivity contribution in [2.24, 2.45) is 0 Å². The summed E-state index contributed by atoms with van der Waals surface area (Å²) in [5.41, 5.74) is 0. The second kappa shape index (κ2) is 9.14. The number of carbonyl (C=O) groups is 1. The first kappa shape index (κ1) is 16.1. The Bertz CT molecular complexity index is 198. The van der Waals surface area contributed by atoms with E-state index >= 15 is 0 Å². The quantitative estimate of drug-likeness (QED) is 0.770. The number of hydrogen-bond donors (Lipinski definition) is 1. The molecule has 0 radical (unpaired) electrons. The van der Waals surface area contributed by atoms with Gasteiger partial charge < -0.3 is 10.2 Å². The van der Waals surface area contributed by atoms with E-state index in [0.29, 0.717) is 5.91 Å². The van der Waals surface area contributed by atoms with Crippen LogP contribution in [0.1, 0.15) is 26.7 Å². The molecule has 96 valence electrons. The summed E-state index contributed by atoms with van der Waals surface area (Å²) in [5.74, 6) is 1.42. The van der Waals surface area contributed by atoms with Crippen molar-refractivity contribution in [2.75, 3.05) is 31.9 Å². The highest BCUT2D eigenvalue weighted by molar-refractivity contribution is 8.00. The van der Waals surface area contributed by atoms with Crippen molar-refractivity contribution >= 4 is 30.1 Å². The van der Waals surface area contributed by atoms with Crippen LogP contribution in [0.3, 0.4) is 0 Å². The third kappa shape index (κ3) is 5.41.